The van der Waals surface area contributed by atoms with Gasteiger partial charge in [-0.1, -0.05) is 19.1 Å². The largest absolute Gasteiger partial charge is 0.299 e. The summed E-state index contributed by atoms with van der Waals surface area (Å²) in [4.78, 5) is 2.33. The van der Waals surface area contributed by atoms with Crippen molar-refractivity contribution in [3.63, 3.8) is 0 Å². The molecule has 0 aliphatic carbocycles. The maximum atomic E-state index is 13.6. The zero-order valence-electron chi connectivity index (χ0n) is 9.46. The van der Waals surface area contributed by atoms with E-state index in [2.05, 4.69) is 11.8 Å². The second-order valence-corrected chi connectivity index (χ2v) is 4.72. The van der Waals surface area contributed by atoms with Crippen LogP contribution in [-0.2, 0) is 6.54 Å². The molecule has 0 bridgehead atoms. The molecule has 0 unspecified atom stereocenters. The van der Waals surface area contributed by atoms with Gasteiger partial charge in [0.1, 0.15) is 5.82 Å². The first-order chi connectivity index (χ1) is 7.15. The highest BCUT2D eigenvalue weighted by molar-refractivity contribution is 5.23. The van der Waals surface area contributed by atoms with Crippen LogP contribution >= 0.6 is 0 Å². The van der Waals surface area contributed by atoms with Gasteiger partial charge in [0.2, 0.25) is 0 Å². The summed E-state index contributed by atoms with van der Waals surface area (Å²) in [7, 11) is 0. The molecular weight excluding hydrogens is 189 g/mol. The van der Waals surface area contributed by atoms with E-state index in [0.717, 1.165) is 36.7 Å². The Morgan fingerprint density at radius 1 is 1.47 bits per heavy atom. The number of likely N-dealkylation sites (tertiary alicyclic amines) is 1. The second-order valence-electron chi connectivity index (χ2n) is 4.72. The average molecular weight is 207 g/mol. The Bertz CT molecular complexity index is 348. The van der Waals surface area contributed by atoms with Gasteiger partial charge < -0.3 is 0 Å². The minimum Gasteiger partial charge on any atom is -0.299 e. The molecule has 0 radical (unpaired) electrons. The van der Waals surface area contributed by atoms with Crippen LogP contribution in [0.3, 0.4) is 0 Å². The third-order valence-electron chi connectivity index (χ3n) is 3.11. The Hall–Kier alpha value is -0.890. The van der Waals surface area contributed by atoms with Crippen LogP contribution in [0, 0.1) is 18.7 Å². The smallest absolute Gasteiger partial charge is 0.127 e. The molecule has 2 rings (SSSR count). The lowest BCUT2D eigenvalue weighted by Crippen LogP contribution is -2.20. The Morgan fingerprint density at radius 3 is 2.87 bits per heavy atom. The van der Waals surface area contributed by atoms with Gasteiger partial charge in [0.25, 0.3) is 0 Å². The first kappa shape index (κ1) is 10.6. The van der Waals surface area contributed by atoms with E-state index in [0.29, 0.717) is 0 Å². The normalized spacial score (nSPS) is 22.2. The van der Waals surface area contributed by atoms with E-state index < -0.39 is 0 Å². The molecular formula is C13H18FN. The average Bonchev–Trinajstić information content (AvgIpc) is 2.56. The number of nitrogens with zero attached hydrogens (tertiary/aromatic N) is 1. The van der Waals surface area contributed by atoms with E-state index in [9.17, 15) is 4.39 Å². The summed E-state index contributed by atoms with van der Waals surface area (Å²) in [5, 5.41) is 0. The summed E-state index contributed by atoms with van der Waals surface area (Å²) >= 11 is 0. The van der Waals surface area contributed by atoms with Crippen molar-refractivity contribution in [3.8, 4) is 0 Å². The Morgan fingerprint density at radius 2 is 2.27 bits per heavy atom. The topological polar surface area (TPSA) is 3.24 Å². The molecule has 1 nitrogen and oxygen atoms in total. The Labute approximate surface area is 90.9 Å². The Kier molecular flexibility index (Phi) is 3.06. The summed E-state index contributed by atoms with van der Waals surface area (Å²) in [6.45, 7) is 7.15. The lowest BCUT2D eigenvalue weighted by atomic mass is 10.1. The van der Waals surface area contributed by atoms with Crippen LogP contribution in [0.2, 0.25) is 0 Å². The van der Waals surface area contributed by atoms with Gasteiger partial charge in [0.05, 0.1) is 0 Å². The predicted molar refractivity (Wildman–Crippen MR) is 60.2 cm³/mol. The number of halogens is 1. The van der Waals surface area contributed by atoms with Crippen LogP contribution in [0.15, 0.2) is 18.2 Å². The van der Waals surface area contributed by atoms with E-state index in [4.69, 9.17) is 0 Å². The third kappa shape index (κ3) is 2.57. The van der Waals surface area contributed by atoms with Crippen molar-refractivity contribution in [3.05, 3.63) is 35.1 Å². The minimum atomic E-state index is -0.0606. The molecule has 1 saturated heterocycles. The molecule has 0 aromatic heterocycles. The third-order valence-corrected chi connectivity index (χ3v) is 3.11. The van der Waals surface area contributed by atoms with Crippen molar-refractivity contribution >= 4 is 0 Å². The SMILES string of the molecule is Cc1ccc(CN2CC[C@@H](C)C2)c(F)c1. The van der Waals surface area contributed by atoms with Gasteiger partial charge in [-0.2, -0.15) is 0 Å². The fourth-order valence-electron chi connectivity index (χ4n) is 2.19. The first-order valence-electron chi connectivity index (χ1n) is 5.62. The summed E-state index contributed by atoms with van der Waals surface area (Å²) in [5.41, 5.74) is 1.82. The standard InChI is InChI=1S/C13H18FN/c1-10-3-4-12(13(14)7-10)9-15-6-5-11(2)8-15/h3-4,7,11H,5-6,8-9H2,1-2H3/t11-/m1/s1. The Balaban J connectivity index is 2.04. The number of hydrogen-bond acceptors (Lipinski definition) is 1. The number of aryl methyl sites for hydroxylation is 1. The molecule has 1 fully saturated rings. The highest BCUT2D eigenvalue weighted by Crippen LogP contribution is 2.19. The van der Waals surface area contributed by atoms with Crippen molar-refractivity contribution in [1.82, 2.24) is 4.90 Å². The molecule has 1 heterocycles. The predicted octanol–water partition coefficient (Wildman–Crippen LogP) is 2.98. The fraction of sp³-hybridized carbons (Fsp3) is 0.538. The van der Waals surface area contributed by atoms with Gasteiger partial charge in [-0.25, -0.2) is 4.39 Å². The molecule has 1 aromatic carbocycles. The molecule has 0 spiro atoms. The van der Waals surface area contributed by atoms with Gasteiger partial charge in [0, 0.05) is 18.7 Å². The van der Waals surface area contributed by atoms with Crippen LogP contribution in [0.4, 0.5) is 4.39 Å². The van der Waals surface area contributed by atoms with Crippen molar-refractivity contribution in [2.45, 2.75) is 26.8 Å². The van der Waals surface area contributed by atoms with Gasteiger partial charge >= 0.3 is 0 Å². The highest BCUT2D eigenvalue weighted by atomic mass is 19.1. The summed E-state index contributed by atoms with van der Waals surface area (Å²) in [5.74, 6) is 0.702. The summed E-state index contributed by atoms with van der Waals surface area (Å²) in [6, 6.07) is 5.51. The zero-order valence-corrected chi connectivity index (χ0v) is 9.46. The number of benzene rings is 1. The van der Waals surface area contributed by atoms with Crippen molar-refractivity contribution in [1.29, 1.82) is 0 Å². The molecule has 82 valence electrons. The number of rotatable bonds is 2. The van der Waals surface area contributed by atoms with Crippen LogP contribution in [0.25, 0.3) is 0 Å². The van der Waals surface area contributed by atoms with E-state index in [-0.39, 0.29) is 5.82 Å². The lowest BCUT2D eigenvalue weighted by molar-refractivity contribution is 0.315. The van der Waals surface area contributed by atoms with Gasteiger partial charge in [0.15, 0.2) is 0 Å². The zero-order chi connectivity index (χ0) is 10.8. The molecule has 0 saturated carbocycles. The van der Waals surface area contributed by atoms with Crippen molar-refractivity contribution in [2.75, 3.05) is 13.1 Å². The second kappa shape index (κ2) is 4.31. The molecule has 15 heavy (non-hydrogen) atoms. The molecule has 2 heteroatoms. The van der Waals surface area contributed by atoms with Gasteiger partial charge in [-0.05, 0) is 37.4 Å². The molecule has 1 aliphatic rings. The van der Waals surface area contributed by atoms with E-state index >= 15 is 0 Å². The molecule has 0 amide bonds. The monoisotopic (exact) mass is 207 g/mol. The molecule has 1 atom stereocenters. The molecule has 1 aliphatic heterocycles. The van der Waals surface area contributed by atoms with Gasteiger partial charge in [-0.15, -0.1) is 0 Å². The van der Waals surface area contributed by atoms with Crippen molar-refractivity contribution in [2.24, 2.45) is 5.92 Å². The van der Waals surface area contributed by atoms with Crippen LogP contribution < -0.4 is 0 Å². The van der Waals surface area contributed by atoms with E-state index in [1.165, 1.54) is 6.42 Å². The van der Waals surface area contributed by atoms with E-state index in [1.54, 1.807) is 6.07 Å². The van der Waals surface area contributed by atoms with E-state index in [1.807, 2.05) is 19.1 Å². The molecule has 0 N–H and O–H groups in total. The minimum absolute atomic E-state index is 0.0606. The van der Waals surface area contributed by atoms with Crippen LogP contribution in [0.5, 0.6) is 0 Å². The maximum Gasteiger partial charge on any atom is 0.127 e. The quantitative estimate of drug-likeness (QED) is 0.720. The maximum absolute atomic E-state index is 13.6. The number of hydrogen-bond donors (Lipinski definition) is 0. The lowest BCUT2D eigenvalue weighted by Gasteiger charge is -2.15. The van der Waals surface area contributed by atoms with Gasteiger partial charge in [-0.3, -0.25) is 4.90 Å². The fourth-order valence-corrected chi connectivity index (χ4v) is 2.19. The van der Waals surface area contributed by atoms with Crippen LogP contribution in [0.1, 0.15) is 24.5 Å². The highest BCUT2D eigenvalue weighted by Gasteiger charge is 2.19. The molecule has 1 aromatic rings. The van der Waals surface area contributed by atoms with Crippen LogP contribution in [-0.4, -0.2) is 18.0 Å². The van der Waals surface area contributed by atoms with Crippen molar-refractivity contribution < 1.29 is 4.39 Å². The summed E-state index contributed by atoms with van der Waals surface area (Å²) in [6.07, 6.45) is 1.24. The summed E-state index contributed by atoms with van der Waals surface area (Å²) < 4.78 is 13.6. The first-order valence-corrected chi connectivity index (χ1v) is 5.62.